The molecular weight excluding hydrogens is 806 g/mol. The first-order valence-corrected chi connectivity index (χ1v) is 40.8. The fourth-order valence-corrected chi connectivity index (χ4v) is 53.5. The van der Waals surface area contributed by atoms with Crippen LogP contribution in [0.5, 0.6) is 0 Å². The van der Waals surface area contributed by atoms with Gasteiger partial charge in [0.25, 0.3) is 0 Å². The zero-order valence-electron chi connectivity index (χ0n) is 29.9. The van der Waals surface area contributed by atoms with Gasteiger partial charge in [0.05, 0.1) is 0 Å². The summed E-state index contributed by atoms with van der Waals surface area (Å²) in [7, 11) is 17.6. The van der Waals surface area contributed by atoms with Gasteiger partial charge in [0.15, 0.2) is 0 Å². The standard InChI is InChI=1S/2C21H23.C2H7Si.2ClH.Hf/c2*1-3-5-9-16-14-18-11-8-13-20(21(18)15-16)19-12-7-6-10-17(19)4-2;1-3-2;;;/h2*6-8,10-15H,3-5,9H2,1-2H3;3H,1-2H3;2*1H;/q;;;;;+2/p-2. The van der Waals surface area contributed by atoms with E-state index in [0.29, 0.717) is 0 Å². The van der Waals surface area contributed by atoms with E-state index >= 15 is 0 Å². The molecular formula is C44H53Cl2HfSi. The van der Waals surface area contributed by atoms with Crippen LogP contribution >= 0.6 is 17.2 Å². The third-order valence-corrected chi connectivity index (χ3v) is 84.4. The van der Waals surface area contributed by atoms with Crippen LogP contribution in [0.4, 0.5) is 0 Å². The minimum absolute atomic E-state index is 0.139. The number of unbranched alkanes of at least 4 members (excludes halogenated alkanes) is 2. The van der Waals surface area contributed by atoms with Crippen LogP contribution in [0, 0.1) is 0 Å². The average molecular weight is 859 g/mol. The second kappa shape index (κ2) is 14.7. The molecule has 0 aromatic heterocycles. The van der Waals surface area contributed by atoms with Gasteiger partial charge in [-0.15, -0.1) is 0 Å². The molecule has 4 aromatic rings. The predicted octanol–water partition coefficient (Wildman–Crippen LogP) is 14.1. The second-order valence-electron chi connectivity index (χ2n) is 14.5. The number of rotatable bonds is 13. The quantitative estimate of drug-likeness (QED) is 0.118. The summed E-state index contributed by atoms with van der Waals surface area (Å²) in [5, 5.41) is 0. The van der Waals surface area contributed by atoms with Gasteiger partial charge in [0.1, 0.15) is 0 Å². The first-order valence-electron chi connectivity index (χ1n) is 18.6. The van der Waals surface area contributed by atoms with Crippen molar-refractivity contribution in [3.63, 3.8) is 0 Å². The third kappa shape index (κ3) is 6.05. The molecule has 0 spiro atoms. The van der Waals surface area contributed by atoms with Gasteiger partial charge in [-0.05, 0) is 0 Å². The number of hydrogen-bond donors (Lipinski definition) is 0. The van der Waals surface area contributed by atoms with Gasteiger partial charge >= 0.3 is 302 Å². The van der Waals surface area contributed by atoms with Crippen molar-refractivity contribution in [3.8, 4) is 22.3 Å². The van der Waals surface area contributed by atoms with E-state index in [1.807, 2.05) is 0 Å². The number of halogens is 2. The van der Waals surface area contributed by atoms with Gasteiger partial charge in [-0.2, -0.15) is 0 Å². The Hall–Kier alpha value is -1.97. The van der Waals surface area contributed by atoms with Gasteiger partial charge in [-0.1, -0.05) is 0 Å². The van der Waals surface area contributed by atoms with E-state index in [0.717, 1.165) is 51.4 Å². The molecule has 2 aliphatic carbocycles. The topological polar surface area (TPSA) is 0 Å². The molecule has 0 radical (unpaired) electrons. The molecule has 6 rings (SSSR count). The molecule has 2 atom stereocenters. The number of benzene rings is 4. The summed E-state index contributed by atoms with van der Waals surface area (Å²) in [5.74, 6) is -1.63. The Labute approximate surface area is 299 Å². The Morgan fingerprint density at radius 1 is 0.542 bits per heavy atom. The molecule has 0 N–H and O–H groups in total. The monoisotopic (exact) mass is 859 g/mol. The van der Waals surface area contributed by atoms with Gasteiger partial charge in [-0.3, -0.25) is 0 Å². The van der Waals surface area contributed by atoms with Crippen LogP contribution in [0.3, 0.4) is 0 Å². The number of allylic oxidation sites excluding steroid dienone is 2. The van der Waals surface area contributed by atoms with Gasteiger partial charge in [-0.25, -0.2) is 0 Å². The molecule has 0 heterocycles. The van der Waals surface area contributed by atoms with Crippen molar-refractivity contribution in [1.29, 1.82) is 0 Å². The molecule has 0 saturated carbocycles. The van der Waals surface area contributed by atoms with Crippen molar-refractivity contribution in [2.75, 3.05) is 0 Å². The molecule has 4 heteroatoms. The zero-order valence-corrected chi connectivity index (χ0v) is 36.1. The average Bonchev–Trinajstić information content (AvgIpc) is 3.69. The molecule has 0 aliphatic heterocycles. The van der Waals surface area contributed by atoms with Gasteiger partial charge in [0, 0.05) is 0 Å². The number of hydrogen-bond acceptors (Lipinski definition) is 0. The number of aryl methyl sites for hydroxylation is 2. The fraction of sp³-hybridized carbons (Fsp3) is 0.364. The Morgan fingerprint density at radius 2 is 0.938 bits per heavy atom. The van der Waals surface area contributed by atoms with E-state index in [-0.39, 0.29) is 7.35 Å². The van der Waals surface area contributed by atoms with E-state index in [2.05, 4.69) is 138 Å². The molecule has 48 heavy (non-hydrogen) atoms. The summed E-state index contributed by atoms with van der Waals surface area (Å²) in [6.07, 6.45) is 13.9. The number of fused-ring (bicyclic) bond motifs is 2. The van der Waals surface area contributed by atoms with Crippen molar-refractivity contribution >= 4 is 35.3 Å². The Kier molecular flexibility index (Phi) is 11.0. The summed E-state index contributed by atoms with van der Waals surface area (Å²) in [4.78, 5) is 0. The summed E-state index contributed by atoms with van der Waals surface area (Å²) in [6, 6.07) is 31.9. The van der Waals surface area contributed by atoms with Crippen molar-refractivity contribution in [2.45, 2.75) is 99.5 Å². The Morgan fingerprint density at radius 3 is 1.31 bits per heavy atom. The van der Waals surface area contributed by atoms with Crippen LogP contribution in [0.15, 0.2) is 96.1 Å². The molecule has 2 aliphatic rings. The van der Waals surface area contributed by atoms with Gasteiger partial charge in [0.2, 0.25) is 0 Å². The zero-order chi connectivity index (χ0) is 34.1. The molecule has 4 aromatic carbocycles. The summed E-state index contributed by atoms with van der Waals surface area (Å²) >= 11 is -5.02. The maximum absolute atomic E-state index is 8.82. The van der Waals surface area contributed by atoms with E-state index in [1.54, 1.807) is 0 Å². The molecule has 251 valence electrons. The molecule has 0 saturated heterocycles. The van der Waals surface area contributed by atoms with Crippen LogP contribution in [-0.4, -0.2) is 5.98 Å². The minimum atomic E-state index is -5.02. The molecule has 0 amide bonds. The van der Waals surface area contributed by atoms with Crippen LogP contribution in [0.2, 0.25) is 13.1 Å². The SMILES string of the molecule is CCCCC1=Cc2c(-c3ccccc3CC)cccc2[CH]1[Hf]([Cl])([Cl])([CH]1C(CCCC)=Cc2c(-c3ccccc3CC)cccc21)[SiH](C)C. The fourth-order valence-electron chi connectivity index (χ4n) is 8.91. The second-order valence-corrected chi connectivity index (χ2v) is 73.8. The van der Waals surface area contributed by atoms with Crippen LogP contribution in [-0.2, 0) is 28.1 Å². The van der Waals surface area contributed by atoms with Crippen LogP contribution in [0.25, 0.3) is 34.4 Å². The Balaban J connectivity index is 1.61. The first-order chi connectivity index (χ1) is 23.2. The van der Waals surface area contributed by atoms with Crippen molar-refractivity contribution in [1.82, 2.24) is 0 Å². The van der Waals surface area contributed by atoms with Gasteiger partial charge < -0.3 is 0 Å². The van der Waals surface area contributed by atoms with E-state index < -0.39 is 21.3 Å². The Bertz CT molecular complexity index is 1740. The molecule has 0 fully saturated rings. The van der Waals surface area contributed by atoms with Crippen LogP contribution < -0.4 is 0 Å². The normalized spacial score (nSPS) is 17.9. The summed E-state index contributed by atoms with van der Waals surface area (Å²) in [5.41, 5.74) is 16.7. The summed E-state index contributed by atoms with van der Waals surface area (Å²) in [6.45, 7) is 14.1. The van der Waals surface area contributed by atoms with Crippen molar-refractivity contribution in [3.05, 3.63) is 129 Å². The molecule has 2 unspecified atom stereocenters. The van der Waals surface area contributed by atoms with Crippen molar-refractivity contribution in [2.24, 2.45) is 0 Å². The molecule has 0 bridgehead atoms. The van der Waals surface area contributed by atoms with E-state index in [9.17, 15) is 0 Å². The third-order valence-electron chi connectivity index (χ3n) is 11.5. The predicted molar refractivity (Wildman–Crippen MR) is 214 cm³/mol. The first kappa shape index (κ1) is 35.8. The van der Waals surface area contributed by atoms with E-state index in [1.165, 1.54) is 66.8 Å². The van der Waals surface area contributed by atoms with Crippen molar-refractivity contribution < 1.29 is 15.3 Å². The van der Waals surface area contributed by atoms with Crippen LogP contribution in [0.1, 0.15) is 107 Å². The summed E-state index contributed by atoms with van der Waals surface area (Å²) < 4.78 is 0.277. The van der Waals surface area contributed by atoms with E-state index in [4.69, 9.17) is 17.2 Å². The molecule has 0 nitrogen and oxygen atoms in total. The maximum atomic E-state index is 8.82.